The van der Waals surface area contributed by atoms with Crippen molar-refractivity contribution in [3.63, 3.8) is 0 Å². The summed E-state index contributed by atoms with van der Waals surface area (Å²) in [6, 6.07) is 8.93. The van der Waals surface area contributed by atoms with E-state index in [1.54, 1.807) is 18.2 Å². The molecule has 1 atom stereocenters. The highest BCUT2D eigenvalue weighted by Crippen LogP contribution is 2.31. The predicted octanol–water partition coefficient (Wildman–Crippen LogP) is 4.31. The fourth-order valence-corrected chi connectivity index (χ4v) is 6.47. The predicted molar refractivity (Wildman–Crippen MR) is 150 cm³/mol. The number of anilines is 1. The van der Waals surface area contributed by atoms with Crippen LogP contribution in [0.3, 0.4) is 0 Å². The maximum Gasteiger partial charge on any atom is 0.296 e. The Hall–Kier alpha value is -3.18. The zero-order valence-electron chi connectivity index (χ0n) is 23.3. The lowest BCUT2D eigenvalue weighted by atomic mass is 9.86. The number of hydrogen-bond donors (Lipinski definition) is 1. The second-order valence-corrected chi connectivity index (χ2v) is 11.5. The molecule has 220 valence electrons. The van der Waals surface area contributed by atoms with Crippen LogP contribution < -0.4 is 4.90 Å². The summed E-state index contributed by atoms with van der Waals surface area (Å²) in [4.78, 5) is 30.9. The van der Waals surface area contributed by atoms with Crippen LogP contribution in [0.2, 0.25) is 0 Å². The number of hydrogen-bond acceptors (Lipinski definition) is 7. The van der Waals surface area contributed by atoms with Gasteiger partial charge in [0.2, 0.25) is 11.9 Å². The van der Waals surface area contributed by atoms with Crippen molar-refractivity contribution in [2.75, 3.05) is 44.3 Å². The standard InChI is InChI=1S/C30H38F2N6O3/c31-27(32)28-34-24-6-1-2-7-25(24)38(28)26-18-22(33-30(35-26)36-14-16-41-17-15-36)5-3-4-20-12-13-37(19-20)29(40)21-8-10-23(39)11-9-21/h1-2,6-7,18,20-21,23,27,39H,3-5,8-17,19H2/t20-,21?,23?/m0/s1. The van der Waals surface area contributed by atoms with Crippen molar-refractivity contribution in [3.8, 4) is 5.82 Å². The van der Waals surface area contributed by atoms with Crippen molar-refractivity contribution in [1.82, 2.24) is 24.4 Å². The number of fused-ring (bicyclic) bond motifs is 1. The number of amides is 1. The summed E-state index contributed by atoms with van der Waals surface area (Å²) in [7, 11) is 0. The molecule has 4 heterocycles. The summed E-state index contributed by atoms with van der Waals surface area (Å²) in [5.74, 6) is 1.33. The number of morpholine rings is 1. The second-order valence-electron chi connectivity index (χ2n) is 11.5. The fraction of sp³-hybridized carbons (Fsp3) is 0.600. The number of halogens is 2. The number of aromatic nitrogens is 4. The van der Waals surface area contributed by atoms with Crippen LogP contribution in [0.1, 0.15) is 62.9 Å². The molecule has 3 aliphatic rings. The van der Waals surface area contributed by atoms with E-state index in [2.05, 4.69) is 4.98 Å². The zero-order valence-corrected chi connectivity index (χ0v) is 23.3. The van der Waals surface area contributed by atoms with Gasteiger partial charge in [-0.25, -0.2) is 18.7 Å². The molecular formula is C30H38F2N6O3. The highest BCUT2D eigenvalue weighted by Gasteiger charge is 2.33. The van der Waals surface area contributed by atoms with Crippen LogP contribution in [0.25, 0.3) is 16.9 Å². The first-order valence-corrected chi connectivity index (χ1v) is 14.9. The molecule has 1 N–H and O–H groups in total. The van der Waals surface area contributed by atoms with Gasteiger partial charge in [0.05, 0.1) is 30.4 Å². The minimum absolute atomic E-state index is 0.0487. The number of aliphatic hydroxyl groups is 1. The Labute approximate surface area is 238 Å². The topological polar surface area (TPSA) is 96.6 Å². The summed E-state index contributed by atoms with van der Waals surface area (Å²) in [6.07, 6.45) is 3.52. The van der Waals surface area contributed by atoms with Gasteiger partial charge in [0.25, 0.3) is 6.43 Å². The van der Waals surface area contributed by atoms with Gasteiger partial charge in [0, 0.05) is 43.9 Å². The third-order valence-electron chi connectivity index (χ3n) is 8.75. The average molecular weight is 569 g/mol. The molecule has 2 aromatic heterocycles. The molecule has 41 heavy (non-hydrogen) atoms. The fourth-order valence-electron chi connectivity index (χ4n) is 6.47. The van der Waals surface area contributed by atoms with Gasteiger partial charge >= 0.3 is 0 Å². The summed E-state index contributed by atoms with van der Waals surface area (Å²) in [5, 5.41) is 9.77. The van der Waals surface area contributed by atoms with Crippen LogP contribution >= 0.6 is 0 Å². The summed E-state index contributed by atoms with van der Waals surface area (Å²) in [5.41, 5.74) is 1.89. The highest BCUT2D eigenvalue weighted by atomic mass is 19.3. The van der Waals surface area contributed by atoms with E-state index < -0.39 is 6.43 Å². The first-order valence-electron chi connectivity index (χ1n) is 14.9. The van der Waals surface area contributed by atoms with Crippen LogP contribution in [0, 0.1) is 11.8 Å². The number of ether oxygens (including phenoxy) is 1. The molecule has 0 bridgehead atoms. The SMILES string of the molecule is O=C(C1CCC(O)CC1)N1CC[C@H](CCCc2cc(-n3c(C(F)F)nc4ccccc43)nc(N3CCOCC3)n2)C1. The maximum absolute atomic E-state index is 14.1. The van der Waals surface area contributed by atoms with Gasteiger partial charge in [-0.2, -0.15) is 4.98 Å². The largest absolute Gasteiger partial charge is 0.393 e. The van der Waals surface area contributed by atoms with E-state index in [9.17, 15) is 18.7 Å². The molecule has 3 aromatic rings. The van der Waals surface area contributed by atoms with Crippen molar-refractivity contribution < 1.29 is 23.4 Å². The number of carbonyl (C=O) groups excluding carboxylic acids is 1. The molecule has 2 saturated heterocycles. The number of benzene rings is 1. The number of imidazole rings is 1. The number of rotatable bonds is 8. The normalized spacial score (nSPS) is 23.6. The molecule has 1 saturated carbocycles. The molecule has 6 rings (SSSR count). The molecule has 3 fully saturated rings. The molecule has 2 aliphatic heterocycles. The number of carbonyl (C=O) groups is 1. The number of aryl methyl sites for hydroxylation is 1. The van der Waals surface area contributed by atoms with Crippen LogP contribution in [0.4, 0.5) is 14.7 Å². The smallest absolute Gasteiger partial charge is 0.296 e. The number of aliphatic hydroxyl groups excluding tert-OH is 1. The van der Waals surface area contributed by atoms with Crippen LogP contribution in [-0.2, 0) is 16.0 Å². The van der Waals surface area contributed by atoms with Gasteiger partial charge in [-0.1, -0.05) is 12.1 Å². The molecule has 0 unspecified atom stereocenters. The van der Waals surface area contributed by atoms with Crippen molar-refractivity contribution in [2.24, 2.45) is 11.8 Å². The molecule has 0 spiro atoms. The van der Waals surface area contributed by atoms with E-state index >= 15 is 0 Å². The van der Waals surface area contributed by atoms with Crippen molar-refractivity contribution in [2.45, 2.75) is 63.9 Å². The van der Waals surface area contributed by atoms with Gasteiger partial charge in [0.1, 0.15) is 5.82 Å². The Morgan fingerprint density at radius 1 is 1.02 bits per heavy atom. The minimum atomic E-state index is -2.75. The number of likely N-dealkylation sites (tertiary alicyclic amines) is 1. The first-order chi connectivity index (χ1) is 20.0. The van der Waals surface area contributed by atoms with E-state index in [1.165, 1.54) is 4.57 Å². The first kappa shape index (κ1) is 28.0. The summed E-state index contributed by atoms with van der Waals surface area (Å²) in [6.45, 7) is 3.99. The monoisotopic (exact) mass is 568 g/mol. The Morgan fingerprint density at radius 2 is 1.80 bits per heavy atom. The average Bonchev–Trinajstić information content (AvgIpc) is 3.63. The van der Waals surface area contributed by atoms with Gasteiger partial charge in [-0.05, 0) is 69.4 Å². The molecule has 1 amide bonds. The van der Waals surface area contributed by atoms with Crippen molar-refractivity contribution in [3.05, 3.63) is 41.9 Å². The van der Waals surface area contributed by atoms with Crippen LogP contribution in [-0.4, -0.2) is 80.9 Å². The highest BCUT2D eigenvalue weighted by molar-refractivity contribution is 5.79. The number of para-hydroxylation sites is 2. The lowest BCUT2D eigenvalue weighted by Gasteiger charge is -2.28. The van der Waals surface area contributed by atoms with E-state index in [0.29, 0.717) is 74.3 Å². The Bertz CT molecular complexity index is 1350. The quantitative estimate of drug-likeness (QED) is 0.433. The third kappa shape index (κ3) is 6.21. The Balaban J connectivity index is 1.17. The molecule has 11 heteroatoms. The lowest BCUT2D eigenvalue weighted by Crippen LogP contribution is -2.37. The van der Waals surface area contributed by atoms with E-state index in [0.717, 1.165) is 50.9 Å². The summed E-state index contributed by atoms with van der Waals surface area (Å²) >= 11 is 0. The van der Waals surface area contributed by atoms with E-state index in [4.69, 9.17) is 14.7 Å². The zero-order chi connectivity index (χ0) is 28.3. The Kier molecular flexibility index (Phi) is 8.43. The Morgan fingerprint density at radius 3 is 2.59 bits per heavy atom. The van der Waals surface area contributed by atoms with Crippen molar-refractivity contribution >= 4 is 22.9 Å². The maximum atomic E-state index is 14.1. The molecule has 9 nitrogen and oxygen atoms in total. The van der Waals surface area contributed by atoms with Crippen molar-refractivity contribution in [1.29, 1.82) is 0 Å². The second kappa shape index (κ2) is 12.4. The number of alkyl halides is 2. The van der Waals surface area contributed by atoms with Crippen LogP contribution in [0.15, 0.2) is 30.3 Å². The molecule has 1 aliphatic carbocycles. The van der Waals surface area contributed by atoms with Gasteiger partial charge in [-0.3, -0.25) is 9.36 Å². The van der Waals surface area contributed by atoms with Gasteiger partial charge in [-0.15, -0.1) is 0 Å². The lowest BCUT2D eigenvalue weighted by molar-refractivity contribution is -0.136. The molecular weight excluding hydrogens is 530 g/mol. The summed E-state index contributed by atoms with van der Waals surface area (Å²) < 4.78 is 35.2. The van der Waals surface area contributed by atoms with Crippen LogP contribution in [0.5, 0.6) is 0 Å². The van der Waals surface area contributed by atoms with E-state index in [-0.39, 0.29) is 23.8 Å². The third-order valence-corrected chi connectivity index (χ3v) is 8.75. The minimum Gasteiger partial charge on any atom is -0.393 e. The van der Waals surface area contributed by atoms with Gasteiger partial charge in [0.15, 0.2) is 5.82 Å². The van der Waals surface area contributed by atoms with Gasteiger partial charge < -0.3 is 19.6 Å². The van der Waals surface area contributed by atoms with E-state index in [1.807, 2.05) is 21.9 Å². The molecule has 0 radical (unpaired) electrons. The molecule has 1 aromatic carbocycles. The number of nitrogens with zero attached hydrogens (tertiary/aromatic N) is 6.